The summed E-state index contributed by atoms with van der Waals surface area (Å²) in [5, 5.41) is 27.9. The van der Waals surface area contributed by atoms with Crippen LogP contribution < -0.4 is 11.1 Å². The second kappa shape index (κ2) is 9.78. The highest BCUT2D eigenvalue weighted by Crippen LogP contribution is 2.12. The van der Waals surface area contributed by atoms with Crippen molar-refractivity contribution in [3.05, 3.63) is 44.8 Å². The molecule has 0 aliphatic carbocycles. The highest BCUT2D eigenvalue weighted by molar-refractivity contribution is 6.76. The third-order valence-electron chi connectivity index (χ3n) is 4.87. The zero-order valence-corrected chi connectivity index (χ0v) is 20.5. The van der Waals surface area contributed by atoms with E-state index >= 15 is 0 Å². The Labute approximate surface area is 194 Å². The summed E-state index contributed by atoms with van der Waals surface area (Å²) in [6.07, 6.45) is 2.75. The number of nitriles is 2. The normalized spacial score (nSPS) is 11.1. The summed E-state index contributed by atoms with van der Waals surface area (Å²) in [6.45, 7) is 7.59. The molecule has 0 amide bonds. The Hall–Kier alpha value is -4.14. The zero-order valence-electron chi connectivity index (χ0n) is 19.5. The van der Waals surface area contributed by atoms with Crippen molar-refractivity contribution in [2.24, 2.45) is 14.1 Å². The number of rotatable bonds is 5. The van der Waals surface area contributed by atoms with Gasteiger partial charge in [-0.05, 0) is 6.04 Å². The Morgan fingerprint density at radius 3 is 2.24 bits per heavy atom. The summed E-state index contributed by atoms with van der Waals surface area (Å²) >= 11 is 0. The van der Waals surface area contributed by atoms with E-state index in [-0.39, 0.29) is 34.8 Å². The van der Waals surface area contributed by atoms with Crippen molar-refractivity contribution in [3.8, 4) is 12.1 Å². The lowest BCUT2D eigenvalue weighted by atomic mass is 10.3. The van der Waals surface area contributed by atoms with Gasteiger partial charge in [-0.3, -0.25) is 14.7 Å². The number of nitrogens with zero attached hydrogens (tertiary/aromatic N) is 9. The number of aryl methyl sites for hydroxylation is 2. The molecule has 34 heavy (non-hydrogen) atoms. The number of H-pyrrole nitrogens is 1. The second-order valence-corrected chi connectivity index (χ2v) is 14.4. The predicted molar refractivity (Wildman–Crippen MR) is 125 cm³/mol. The van der Waals surface area contributed by atoms with Gasteiger partial charge in [-0.2, -0.15) is 20.7 Å². The molecule has 0 saturated carbocycles. The van der Waals surface area contributed by atoms with Crippen molar-refractivity contribution in [2.45, 2.75) is 32.4 Å². The molecule has 4 rings (SSSR count). The highest BCUT2D eigenvalue weighted by Gasteiger charge is 2.17. The number of fused-ring (bicyclic) bond motifs is 2. The van der Waals surface area contributed by atoms with E-state index in [0.29, 0.717) is 23.2 Å². The first kappa shape index (κ1) is 24.5. The molecule has 0 atom stereocenters. The van der Waals surface area contributed by atoms with Crippen molar-refractivity contribution in [3.63, 3.8) is 0 Å². The van der Waals surface area contributed by atoms with Gasteiger partial charge in [0.2, 0.25) is 0 Å². The zero-order chi connectivity index (χ0) is 25.0. The largest absolute Gasteiger partial charge is 0.360 e. The van der Waals surface area contributed by atoms with Crippen LogP contribution in [0, 0.1) is 22.7 Å². The second-order valence-electron chi connectivity index (χ2n) is 8.73. The molecule has 0 bridgehead atoms. The molecule has 0 aromatic carbocycles. The van der Waals surface area contributed by atoms with E-state index < -0.39 is 8.07 Å². The fourth-order valence-corrected chi connectivity index (χ4v) is 3.67. The molecular weight excluding hydrogens is 456 g/mol. The Bertz CT molecular complexity index is 1540. The lowest BCUT2D eigenvalue weighted by molar-refractivity contribution is 0.0814. The topological polar surface area (TPSA) is 173 Å². The summed E-state index contributed by atoms with van der Waals surface area (Å²) in [6, 6.07) is 4.84. The minimum atomic E-state index is -1.16. The van der Waals surface area contributed by atoms with Crippen LogP contribution in [0.4, 0.5) is 0 Å². The minimum Gasteiger partial charge on any atom is -0.360 e. The lowest BCUT2D eigenvalue weighted by Gasteiger charge is -2.15. The molecule has 4 aromatic rings. The van der Waals surface area contributed by atoms with Gasteiger partial charge in [0.15, 0.2) is 22.4 Å². The monoisotopic (exact) mass is 480 g/mol. The van der Waals surface area contributed by atoms with Gasteiger partial charge in [-0.15, -0.1) is 0 Å². The minimum absolute atomic E-state index is 0.146. The summed E-state index contributed by atoms with van der Waals surface area (Å²) in [5.74, 6) is 0. The molecule has 14 heteroatoms. The Morgan fingerprint density at radius 2 is 1.62 bits per heavy atom. The van der Waals surface area contributed by atoms with Gasteiger partial charge in [0.25, 0.3) is 11.1 Å². The number of hydrogen-bond donors (Lipinski definition) is 1. The van der Waals surface area contributed by atoms with Crippen molar-refractivity contribution < 1.29 is 4.74 Å². The fourth-order valence-electron chi connectivity index (χ4n) is 2.91. The molecular formula is C20H24N10O3Si. The van der Waals surface area contributed by atoms with Crippen LogP contribution in [0.2, 0.25) is 25.7 Å². The average molecular weight is 481 g/mol. The van der Waals surface area contributed by atoms with Crippen LogP contribution >= 0.6 is 0 Å². The molecule has 1 N–H and O–H groups in total. The molecule has 176 valence electrons. The number of ether oxygens (including phenoxy) is 1. The molecule has 0 aliphatic heterocycles. The molecule has 4 heterocycles. The van der Waals surface area contributed by atoms with Gasteiger partial charge >= 0.3 is 0 Å². The molecule has 0 saturated heterocycles. The molecule has 13 nitrogen and oxygen atoms in total. The summed E-state index contributed by atoms with van der Waals surface area (Å²) in [4.78, 5) is 31.6. The standard InChI is InChI=1S/C13H19N5O2Si.C7H5N5O/c1-17-8-15-11-10(7-14)16-18(12(11)13(17)19)9-20-5-6-21(2,3)4;1-12-3-9-5-4(2-8)10-11-6(5)7(12)13/h8H,5-6,9H2,1-4H3;3H,1H3,(H,10,11). The van der Waals surface area contributed by atoms with Crippen LogP contribution in [0.1, 0.15) is 11.4 Å². The van der Waals surface area contributed by atoms with Crippen LogP contribution in [0.3, 0.4) is 0 Å². The van der Waals surface area contributed by atoms with E-state index in [1.807, 2.05) is 12.1 Å². The first-order valence-electron chi connectivity index (χ1n) is 10.3. The average Bonchev–Trinajstić information content (AvgIpc) is 3.38. The summed E-state index contributed by atoms with van der Waals surface area (Å²) < 4.78 is 9.72. The van der Waals surface area contributed by atoms with E-state index in [0.717, 1.165) is 6.04 Å². The third kappa shape index (κ3) is 5.09. The first-order valence-corrected chi connectivity index (χ1v) is 14.0. The molecule has 4 aromatic heterocycles. The maximum Gasteiger partial charge on any atom is 0.279 e. The van der Waals surface area contributed by atoms with E-state index in [1.165, 1.54) is 26.5 Å². The van der Waals surface area contributed by atoms with Crippen LogP contribution in [-0.4, -0.2) is 53.8 Å². The van der Waals surface area contributed by atoms with E-state index in [4.69, 9.17) is 15.3 Å². The van der Waals surface area contributed by atoms with E-state index in [1.54, 1.807) is 14.1 Å². The maximum absolute atomic E-state index is 12.2. The van der Waals surface area contributed by atoms with Crippen LogP contribution in [0.5, 0.6) is 0 Å². The van der Waals surface area contributed by atoms with Crippen molar-refractivity contribution in [2.75, 3.05) is 6.61 Å². The van der Waals surface area contributed by atoms with Gasteiger partial charge < -0.3 is 13.9 Å². The number of aromatic nitrogens is 8. The maximum atomic E-state index is 12.2. The van der Waals surface area contributed by atoms with Crippen molar-refractivity contribution in [1.82, 2.24) is 39.1 Å². The van der Waals surface area contributed by atoms with E-state index in [2.05, 4.69) is 44.9 Å². The first-order chi connectivity index (χ1) is 16.1. The quantitative estimate of drug-likeness (QED) is 0.321. The summed E-state index contributed by atoms with van der Waals surface area (Å²) in [7, 11) is 2.04. The number of nitrogens with one attached hydrogen (secondary N) is 1. The van der Waals surface area contributed by atoms with Gasteiger partial charge in [0.05, 0.1) is 12.7 Å². The van der Waals surface area contributed by atoms with Crippen molar-refractivity contribution in [1.29, 1.82) is 10.5 Å². The van der Waals surface area contributed by atoms with E-state index in [9.17, 15) is 9.59 Å². The fraction of sp³-hybridized carbons (Fsp3) is 0.400. The highest BCUT2D eigenvalue weighted by atomic mass is 28.3. The van der Waals surface area contributed by atoms with Gasteiger partial charge in [-0.25, -0.2) is 14.6 Å². The Balaban J connectivity index is 0.000000212. The third-order valence-corrected chi connectivity index (χ3v) is 6.57. The summed E-state index contributed by atoms with van der Waals surface area (Å²) in [5.41, 5.74) is 1.05. The van der Waals surface area contributed by atoms with Gasteiger partial charge in [0, 0.05) is 28.8 Å². The van der Waals surface area contributed by atoms with Gasteiger partial charge in [0.1, 0.15) is 29.9 Å². The van der Waals surface area contributed by atoms with Crippen molar-refractivity contribution >= 4 is 30.1 Å². The van der Waals surface area contributed by atoms with Crippen LogP contribution in [0.25, 0.3) is 22.1 Å². The SMILES string of the molecule is Cn1cnc2c(C#N)n[nH]c2c1=O.Cn1cnc2c(C#N)nn(COCC[Si](C)(C)C)c2c1=O. The Kier molecular flexibility index (Phi) is 7.05. The molecule has 0 spiro atoms. The van der Waals surface area contributed by atoms with Crippen LogP contribution in [-0.2, 0) is 25.6 Å². The van der Waals surface area contributed by atoms with Gasteiger partial charge in [-0.1, -0.05) is 19.6 Å². The molecule has 0 unspecified atom stereocenters. The number of aromatic amines is 1. The molecule has 0 fully saturated rings. The van der Waals surface area contributed by atoms with Crippen LogP contribution in [0.15, 0.2) is 22.2 Å². The molecule has 0 radical (unpaired) electrons. The number of hydrogen-bond acceptors (Lipinski definition) is 9. The predicted octanol–water partition coefficient (Wildman–Crippen LogP) is 0.842. The Morgan fingerprint density at radius 1 is 1.00 bits per heavy atom. The smallest absolute Gasteiger partial charge is 0.279 e. The lowest BCUT2D eigenvalue weighted by Crippen LogP contribution is -2.23. The molecule has 0 aliphatic rings.